The molecule has 7 heteroatoms. The zero-order chi connectivity index (χ0) is 10.7. The summed E-state index contributed by atoms with van der Waals surface area (Å²) in [5, 5.41) is 3.05. The average molecular weight is 230 g/mol. The molecule has 1 heterocycles. The summed E-state index contributed by atoms with van der Waals surface area (Å²) in [7, 11) is 0. The summed E-state index contributed by atoms with van der Waals surface area (Å²) >= 11 is 5.83. The second-order valence-electron chi connectivity index (χ2n) is 2.76. The van der Waals surface area contributed by atoms with Crippen molar-refractivity contribution in [2.45, 2.75) is 13.8 Å². The molecule has 0 spiro atoms. The van der Waals surface area contributed by atoms with E-state index in [1.807, 2.05) is 0 Å². The van der Waals surface area contributed by atoms with Crippen molar-refractivity contribution in [1.82, 2.24) is 9.36 Å². The second kappa shape index (κ2) is 4.43. The summed E-state index contributed by atoms with van der Waals surface area (Å²) in [6, 6.07) is 0. The Labute approximate surface area is 90.9 Å². The molecule has 0 aliphatic carbocycles. The van der Waals surface area contributed by atoms with Crippen LogP contribution in [0.3, 0.4) is 0 Å². The first-order valence-corrected chi connectivity index (χ1v) is 5.09. The molecule has 5 nitrogen and oxygen atoms in total. The maximum Gasteiger partial charge on any atom is 0.235 e. The van der Waals surface area contributed by atoms with Crippen LogP contribution in [0.15, 0.2) is 0 Å². The molecular weight excluding hydrogens is 220 g/mol. The lowest BCUT2D eigenvalue weighted by Crippen LogP contribution is -2.30. The Hall–Kier alpha value is -1.08. The van der Waals surface area contributed by atoms with Gasteiger partial charge in [-0.15, -0.1) is 0 Å². The van der Waals surface area contributed by atoms with E-state index in [1.54, 1.807) is 13.8 Å². The van der Waals surface area contributed by atoms with Gasteiger partial charge >= 0.3 is 0 Å². The molecule has 0 aromatic carbocycles. The first kappa shape index (κ1) is 11.0. The molecule has 0 aliphatic heterocycles. The van der Waals surface area contributed by atoms with Crippen molar-refractivity contribution in [3.8, 4) is 0 Å². The number of amides is 1. The van der Waals surface area contributed by atoms with Gasteiger partial charge < -0.3 is 11.1 Å². The first-order chi connectivity index (χ1) is 6.50. The van der Waals surface area contributed by atoms with E-state index in [4.69, 9.17) is 18.0 Å². The van der Waals surface area contributed by atoms with Gasteiger partial charge in [0.05, 0.1) is 10.9 Å². The van der Waals surface area contributed by atoms with Crippen LogP contribution < -0.4 is 11.1 Å². The van der Waals surface area contributed by atoms with Gasteiger partial charge in [-0.05, 0) is 13.8 Å². The molecule has 0 aliphatic rings. The Morgan fingerprint density at radius 2 is 2.36 bits per heavy atom. The van der Waals surface area contributed by atoms with Crippen LogP contribution in [0.4, 0.5) is 5.13 Å². The fourth-order valence-corrected chi connectivity index (χ4v) is 1.38. The zero-order valence-electron chi connectivity index (χ0n) is 7.77. The molecule has 1 atom stereocenters. The van der Waals surface area contributed by atoms with Crippen LogP contribution in [0, 0.1) is 12.8 Å². The standard InChI is InChI=1S/C7H10N4OS2/c1-3(5(8)13)6(12)10-7-9-4(2)11-14-7/h3H,1-2H3,(H2,8,13)(H,9,10,11,12). The molecule has 0 saturated heterocycles. The Balaban J connectivity index is 2.61. The predicted molar refractivity (Wildman–Crippen MR) is 59.2 cm³/mol. The van der Waals surface area contributed by atoms with Crippen molar-refractivity contribution in [3.05, 3.63) is 5.82 Å². The molecule has 1 unspecified atom stereocenters. The summed E-state index contributed by atoms with van der Waals surface area (Å²) in [6.45, 7) is 3.40. The zero-order valence-corrected chi connectivity index (χ0v) is 9.41. The number of rotatable bonds is 3. The number of carbonyl (C=O) groups is 1. The largest absolute Gasteiger partial charge is 0.393 e. The molecule has 0 bridgehead atoms. The minimum Gasteiger partial charge on any atom is -0.393 e. The van der Waals surface area contributed by atoms with E-state index in [9.17, 15) is 4.79 Å². The Morgan fingerprint density at radius 1 is 1.71 bits per heavy atom. The molecule has 0 radical (unpaired) electrons. The van der Waals surface area contributed by atoms with Crippen LogP contribution in [-0.2, 0) is 4.79 Å². The van der Waals surface area contributed by atoms with Crippen molar-refractivity contribution in [2.75, 3.05) is 5.32 Å². The molecule has 0 saturated carbocycles. The molecule has 1 rings (SSSR count). The van der Waals surface area contributed by atoms with Gasteiger partial charge in [0.1, 0.15) is 5.82 Å². The van der Waals surface area contributed by atoms with Crippen LogP contribution in [0.1, 0.15) is 12.7 Å². The molecule has 76 valence electrons. The van der Waals surface area contributed by atoms with E-state index in [2.05, 4.69) is 14.7 Å². The maximum absolute atomic E-state index is 11.4. The van der Waals surface area contributed by atoms with Crippen molar-refractivity contribution < 1.29 is 4.79 Å². The van der Waals surface area contributed by atoms with Gasteiger partial charge in [0, 0.05) is 11.5 Å². The number of nitrogens with one attached hydrogen (secondary N) is 1. The quantitative estimate of drug-likeness (QED) is 0.747. The molecule has 1 amide bonds. The number of nitrogens with two attached hydrogens (primary N) is 1. The van der Waals surface area contributed by atoms with Crippen LogP contribution in [0.5, 0.6) is 0 Å². The molecule has 1 aromatic heterocycles. The molecule has 14 heavy (non-hydrogen) atoms. The second-order valence-corrected chi connectivity index (χ2v) is 3.98. The van der Waals surface area contributed by atoms with Gasteiger partial charge in [-0.2, -0.15) is 4.37 Å². The SMILES string of the molecule is Cc1nsc(NC(=O)C(C)C(N)=S)n1. The van der Waals surface area contributed by atoms with Crippen molar-refractivity contribution >= 4 is 39.8 Å². The summed E-state index contributed by atoms with van der Waals surface area (Å²) in [5.41, 5.74) is 5.33. The predicted octanol–water partition coefficient (Wildman–Crippen LogP) is 0.707. The lowest BCUT2D eigenvalue weighted by molar-refractivity contribution is -0.117. The molecule has 1 aromatic rings. The number of aromatic nitrogens is 2. The van der Waals surface area contributed by atoms with E-state index in [0.717, 1.165) is 11.5 Å². The van der Waals surface area contributed by atoms with Crippen LogP contribution in [-0.4, -0.2) is 20.3 Å². The minimum atomic E-state index is -0.491. The smallest absolute Gasteiger partial charge is 0.235 e. The third kappa shape index (κ3) is 2.71. The number of aryl methyl sites for hydroxylation is 1. The summed E-state index contributed by atoms with van der Waals surface area (Å²) < 4.78 is 3.93. The van der Waals surface area contributed by atoms with E-state index in [1.165, 1.54) is 0 Å². The number of hydrogen-bond donors (Lipinski definition) is 2. The van der Waals surface area contributed by atoms with Gasteiger partial charge in [-0.1, -0.05) is 12.2 Å². The highest BCUT2D eigenvalue weighted by Gasteiger charge is 2.16. The fourth-order valence-electron chi connectivity index (χ4n) is 0.691. The number of thiocarbonyl (C=S) groups is 1. The Morgan fingerprint density at radius 3 is 2.79 bits per heavy atom. The van der Waals surface area contributed by atoms with Crippen LogP contribution in [0.25, 0.3) is 0 Å². The normalized spacial score (nSPS) is 12.1. The van der Waals surface area contributed by atoms with Crippen LogP contribution in [0.2, 0.25) is 0 Å². The number of nitrogens with zero attached hydrogens (tertiary/aromatic N) is 2. The highest BCUT2D eigenvalue weighted by Crippen LogP contribution is 2.11. The van der Waals surface area contributed by atoms with E-state index in [0.29, 0.717) is 11.0 Å². The monoisotopic (exact) mass is 230 g/mol. The average Bonchev–Trinajstić information content (AvgIpc) is 2.49. The number of anilines is 1. The molecule has 3 N–H and O–H groups in total. The maximum atomic E-state index is 11.4. The minimum absolute atomic E-state index is 0.170. The van der Waals surface area contributed by atoms with Gasteiger partial charge in [0.25, 0.3) is 0 Å². The van der Waals surface area contributed by atoms with E-state index >= 15 is 0 Å². The summed E-state index contributed by atoms with van der Waals surface area (Å²) in [5.74, 6) is -0.115. The highest BCUT2D eigenvalue weighted by atomic mass is 32.1. The third-order valence-electron chi connectivity index (χ3n) is 1.58. The van der Waals surface area contributed by atoms with Gasteiger partial charge in [0.2, 0.25) is 11.0 Å². The topological polar surface area (TPSA) is 80.9 Å². The first-order valence-electron chi connectivity index (χ1n) is 3.91. The van der Waals surface area contributed by atoms with Crippen molar-refractivity contribution in [1.29, 1.82) is 0 Å². The molecular formula is C7H10N4OS2. The highest BCUT2D eigenvalue weighted by molar-refractivity contribution is 7.80. The number of hydrogen-bond acceptors (Lipinski definition) is 5. The van der Waals surface area contributed by atoms with Gasteiger partial charge in [0.15, 0.2) is 0 Å². The summed E-state index contributed by atoms with van der Waals surface area (Å²) in [6.07, 6.45) is 0. The lowest BCUT2D eigenvalue weighted by atomic mass is 10.2. The Kier molecular flexibility index (Phi) is 3.48. The van der Waals surface area contributed by atoms with Crippen molar-refractivity contribution in [2.24, 2.45) is 11.7 Å². The van der Waals surface area contributed by atoms with E-state index < -0.39 is 5.92 Å². The van der Waals surface area contributed by atoms with Crippen molar-refractivity contribution in [3.63, 3.8) is 0 Å². The van der Waals surface area contributed by atoms with Gasteiger partial charge in [-0.25, -0.2) is 4.98 Å². The Bertz CT molecular complexity index is 362. The fraction of sp³-hybridized carbons (Fsp3) is 0.429. The summed E-state index contributed by atoms with van der Waals surface area (Å²) in [4.78, 5) is 15.6. The van der Waals surface area contributed by atoms with Gasteiger partial charge in [-0.3, -0.25) is 4.79 Å². The molecule has 0 fully saturated rings. The van der Waals surface area contributed by atoms with E-state index in [-0.39, 0.29) is 10.9 Å². The van der Waals surface area contributed by atoms with Crippen LogP contribution >= 0.6 is 23.8 Å². The third-order valence-corrected chi connectivity index (χ3v) is 2.65. The lowest BCUT2D eigenvalue weighted by Gasteiger charge is -2.07. The number of carbonyl (C=O) groups excluding carboxylic acids is 1.